The van der Waals surface area contributed by atoms with Gasteiger partial charge in [-0.2, -0.15) is 0 Å². The lowest BCUT2D eigenvalue weighted by Gasteiger charge is -2.38. The third-order valence-corrected chi connectivity index (χ3v) is 5.67. The van der Waals surface area contributed by atoms with E-state index in [-0.39, 0.29) is 36.2 Å². The number of methoxy groups -OCH3 is 1. The number of carbonyl (C=O) groups excluding carboxylic acids is 2. The van der Waals surface area contributed by atoms with Crippen molar-refractivity contribution >= 4 is 24.2 Å². The molecule has 2 fully saturated rings. The second-order valence-electron chi connectivity index (χ2n) is 7.31. The zero-order chi connectivity index (χ0) is 18.5. The Balaban J connectivity index is 0.00000261. The van der Waals surface area contributed by atoms with Gasteiger partial charge in [-0.1, -0.05) is 12.1 Å². The molecule has 0 spiro atoms. The molecule has 150 valence electrons. The lowest BCUT2D eigenvalue weighted by Crippen LogP contribution is -2.46. The van der Waals surface area contributed by atoms with Gasteiger partial charge >= 0.3 is 0 Å². The summed E-state index contributed by atoms with van der Waals surface area (Å²) < 4.78 is 5.22. The van der Waals surface area contributed by atoms with E-state index in [0.717, 1.165) is 30.8 Å². The highest BCUT2D eigenvalue weighted by molar-refractivity contribution is 5.85. The number of nitrogens with one attached hydrogen (secondary N) is 2. The number of piperidine rings is 1. The van der Waals surface area contributed by atoms with E-state index in [1.165, 1.54) is 6.42 Å². The van der Waals surface area contributed by atoms with Crippen molar-refractivity contribution in [2.75, 3.05) is 33.8 Å². The maximum atomic E-state index is 12.8. The van der Waals surface area contributed by atoms with Crippen LogP contribution in [0.2, 0.25) is 0 Å². The SMILES string of the molecule is COc1ccc(C2C(C(=O)NCCC3CCNC3)CCC(=O)N2C)cc1.Cl. The van der Waals surface area contributed by atoms with Gasteiger partial charge in [-0.05, 0) is 56.0 Å². The minimum absolute atomic E-state index is 0. The van der Waals surface area contributed by atoms with Crippen molar-refractivity contribution in [3.63, 3.8) is 0 Å². The molecule has 2 amide bonds. The topological polar surface area (TPSA) is 70.7 Å². The van der Waals surface area contributed by atoms with Crippen molar-refractivity contribution in [2.24, 2.45) is 11.8 Å². The van der Waals surface area contributed by atoms with Crippen LogP contribution in [0.4, 0.5) is 0 Å². The minimum Gasteiger partial charge on any atom is -0.497 e. The van der Waals surface area contributed by atoms with E-state index >= 15 is 0 Å². The van der Waals surface area contributed by atoms with Gasteiger partial charge in [-0.3, -0.25) is 9.59 Å². The van der Waals surface area contributed by atoms with E-state index in [0.29, 0.717) is 25.3 Å². The zero-order valence-electron chi connectivity index (χ0n) is 16.1. The number of rotatable bonds is 6. The van der Waals surface area contributed by atoms with Crippen LogP contribution in [-0.2, 0) is 9.59 Å². The zero-order valence-corrected chi connectivity index (χ0v) is 16.9. The van der Waals surface area contributed by atoms with Crippen LogP contribution >= 0.6 is 12.4 Å². The normalized spacial score (nSPS) is 25.0. The van der Waals surface area contributed by atoms with Crippen LogP contribution in [0.5, 0.6) is 5.75 Å². The molecule has 2 aliphatic heterocycles. The van der Waals surface area contributed by atoms with Crippen molar-refractivity contribution in [3.8, 4) is 5.75 Å². The van der Waals surface area contributed by atoms with Crippen molar-refractivity contribution < 1.29 is 14.3 Å². The minimum atomic E-state index is -0.227. The van der Waals surface area contributed by atoms with Gasteiger partial charge in [0.25, 0.3) is 0 Å². The number of ether oxygens (including phenoxy) is 1. The smallest absolute Gasteiger partial charge is 0.225 e. The Labute approximate surface area is 167 Å². The fraction of sp³-hybridized carbons (Fsp3) is 0.600. The molecule has 7 heteroatoms. The Kier molecular flexibility index (Phi) is 7.92. The molecule has 0 saturated carbocycles. The number of benzene rings is 1. The summed E-state index contributed by atoms with van der Waals surface area (Å²) in [5.41, 5.74) is 0.974. The largest absolute Gasteiger partial charge is 0.497 e. The molecule has 0 radical (unpaired) electrons. The predicted octanol–water partition coefficient (Wildman–Crippen LogP) is 2.14. The third kappa shape index (κ3) is 5.14. The van der Waals surface area contributed by atoms with Gasteiger partial charge in [-0.15, -0.1) is 12.4 Å². The molecular weight excluding hydrogens is 366 g/mol. The summed E-state index contributed by atoms with van der Waals surface area (Å²) in [7, 11) is 3.42. The Morgan fingerprint density at radius 2 is 2.04 bits per heavy atom. The lowest BCUT2D eigenvalue weighted by atomic mass is 9.84. The molecule has 3 atom stereocenters. The standard InChI is InChI=1S/C20H29N3O3.ClH/c1-23-18(24)8-7-17(19(23)15-3-5-16(26-2)6-4-15)20(25)22-12-10-14-9-11-21-13-14;/h3-6,14,17,19,21H,7-13H2,1-2H3,(H,22,25);1H. The second-order valence-corrected chi connectivity index (χ2v) is 7.31. The molecule has 1 aromatic carbocycles. The van der Waals surface area contributed by atoms with Crippen molar-refractivity contribution in [2.45, 2.75) is 31.7 Å². The molecule has 1 aromatic rings. The van der Waals surface area contributed by atoms with Crippen molar-refractivity contribution in [3.05, 3.63) is 29.8 Å². The van der Waals surface area contributed by atoms with Crippen LogP contribution in [0.25, 0.3) is 0 Å². The molecule has 3 rings (SSSR count). The summed E-state index contributed by atoms with van der Waals surface area (Å²) in [4.78, 5) is 26.8. The molecule has 0 aromatic heterocycles. The van der Waals surface area contributed by atoms with Gasteiger partial charge in [-0.25, -0.2) is 0 Å². The average molecular weight is 396 g/mol. The number of halogens is 1. The first kappa shape index (κ1) is 21.5. The van der Waals surface area contributed by atoms with E-state index < -0.39 is 0 Å². The number of amides is 2. The summed E-state index contributed by atoms with van der Waals surface area (Å²) in [6.07, 6.45) is 3.21. The fourth-order valence-electron chi connectivity index (χ4n) is 4.06. The molecule has 0 aliphatic carbocycles. The second kappa shape index (κ2) is 9.95. The first-order chi connectivity index (χ1) is 12.6. The molecule has 3 unspecified atom stereocenters. The van der Waals surface area contributed by atoms with Crippen LogP contribution in [0.15, 0.2) is 24.3 Å². The van der Waals surface area contributed by atoms with Crippen LogP contribution < -0.4 is 15.4 Å². The maximum Gasteiger partial charge on any atom is 0.225 e. The molecule has 2 aliphatic rings. The molecule has 2 saturated heterocycles. The van der Waals surface area contributed by atoms with Gasteiger partial charge in [0.05, 0.1) is 19.1 Å². The molecule has 0 bridgehead atoms. The highest BCUT2D eigenvalue weighted by Crippen LogP contribution is 2.36. The van der Waals surface area contributed by atoms with E-state index in [4.69, 9.17) is 4.74 Å². The number of carbonyl (C=O) groups is 2. The highest BCUT2D eigenvalue weighted by atomic mass is 35.5. The Morgan fingerprint density at radius 3 is 2.67 bits per heavy atom. The number of nitrogens with zero attached hydrogens (tertiary/aromatic N) is 1. The van der Waals surface area contributed by atoms with E-state index in [2.05, 4.69) is 10.6 Å². The van der Waals surface area contributed by atoms with Crippen molar-refractivity contribution in [1.29, 1.82) is 0 Å². The lowest BCUT2D eigenvalue weighted by molar-refractivity contribution is -0.141. The van der Waals surface area contributed by atoms with E-state index in [9.17, 15) is 9.59 Å². The first-order valence-corrected chi connectivity index (χ1v) is 9.48. The van der Waals surface area contributed by atoms with Crippen LogP contribution in [0, 0.1) is 11.8 Å². The highest BCUT2D eigenvalue weighted by Gasteiger charge is 2.38. The molecule has 2 heterocycles. The fourth-order valence-corrected chi connectivity index (χ4v) is 4.06. The monoisotopic (exact) mass is 395 g/mol. The molecular formula is C20H30ClN3O3. The summed E-state index contributed by atoms with van der Waals surface area (Å²) in [6, 6.07) is 7.43. The Morgan fingerprint density at radius 1 is 1.30 bits per heavy atom. The van der Waals surface area contributed by atoms with Crippen molar-refractivity contribution in [1.82, 2.24) is 15.5 Å². The molecule has 6 nitrogen and oxygen atoms in total. The third-order valence-electron chi connectivity index (χ3n) is 5.67. The first-order valence-electron chi connectivity index (χ1n) is 9.48. The predicted molar refractivity (Wildman–Crippen MR) is 107 cm³/mol. The van der Waals surface area contributed by atoms with Crippen LogP contribution in [0.3, 0.4) is 0 Å². The summed E-state index contributed by atoms with van der Waals surface area (Å²) in [6.45, 7) is 2.83. The Hall–Kier alpha value is -1.79. The summed E-state index contributed by atoms with van der Waals surface area (Å²) in [5.74, 6) is 1.35. The molecule has 27 heavy (non-hydrogen) atoms. The van der Waals surface area contributed by atoms with Gasteiger partial charge in [0.2, 0.25) is 11.8 Å². The number of hydrogen-bond acceptors (Lipinski definition) is 4. The van der Waals surface area contributed by atoms with E-state index in [1.807, 2.05) is 24.3 Å². The van der Waals surface area contributed by atoms with Gasteiger partial charge < -0.3 is 20.3 Å². The van der Waals surface area contributed by atoms with Gasteiger partial charge in [0.15, 0.2) is 0 Å². The van der Waals surface area contributed by atoms with E-state index in [1.54, 1.807) is 19.1 Å². The average Bonchev–Trinajstić information content (AvgIpc) is 3.17. The number of hydrogen-bond donors (Lipinski definition) is 2. The van der Waals surface area contributed by atoms with Crippen LogP contribution in [-0.4, -0.2) is 50.5 Å². The number of likely N-dealkylation sites (tertiary alicyclic amines) is 1. The van der Waals surface area contributed by atoms with Gasteiger partial charge in [0.1, 0.15) is 5.75 Å². The Bertz CT molecular complexity index is 632. The quantitative estimate of drug-likeness (QED) is 0.774. The van der Waals surface area contributed by atoms with Gasteiger partial charge in [0, 0.05) is 20.0 Å². The summed E-state index contributed by atoms with van der Waals surface area (Å²) >= 11 is 0. The molecule has 2 N–H and O–H groups in total. The summed E-state index contributed by atoms with van der Waals surface area (Å²) in [5, 5.41) is 6.46. The maximum absolute atomic E-state index is 12.8. The van der Waals surface area contributed by atoms with Crippen LogP contribution in [0.1, 0.15) is 37.3 Å².